The van der Waals surface area contributed by atoms with Crippen LogP contribution < -0.4 is 24.0 Å². The normalized spacial score (nSPS) is 32.7. The van der Waals surface area contributed by atoms with Crippen LogP contribution in [-0.2, 0) is 19.5 Å². The molecule has 0 nitrogen and oxygen atoms in total. The Bertz CT molecular complexity index is 57.9. The van der Waals surface area contributed by atoms with Crippen LogP contribution in [0.3, 0.4) is 0 Å². The van der Waals surface area contributed by atoms with Crippen molar-refractivity contribution < 1.29 is 43.5 Å². The van der Waals surface area contributed by atoms with Gasteiger partial charge in [-0.15, -0.1) is 0 Å². The Morgan fingerprint density at radius 2 is 1.89 bits per heavy atom. The molecular formula is C7H13IZn-. The second kappa shape index (κ2) is 6.09. The van der Waals surface area contributed by atoms with Gasteiger partial charge in [-0.2, -0.15) is 0 Å². The van der Waals surface area contributed by atoms with Crippen LogP contribution >= 0.6 is 0 Å². The Morgan fingerprint density at radius 3 is 2.00 bits per heavy atom. The van der Waals surface area contributed by atoms with Gasteiger partial charge in [0, 0.05) is 19.5 Å². The molecule has 0 saturated heterocycles. The summed E-state index contributed by atoms with van der Waals surface area (Å²) in [5, 5.41) is 0. The molecule has 0 aliphatic heterocycles. The zero-order valence-corrected chi connectivity index (χ0v) is 11.2. The van der Waals surface area contributed by atoms with Gasteiger partial charge in [0.15, 0.2) is 0 Å². The zero-order chi connectivity index (χ0) is 5.28. The summed E-state index contributed by atoms with van der Waals surface area (Å²) in [6, 6.07) is 0. The fourth-order valence-electron chi connectivity index (χ4n) is 1.22. The number of hydrogen-bond donors (Lipinski definition) is 0. The molecule has 0 aromatic carbocycles. The van der Waals surface area contributed by atoms with Crippen molar-refractivity contribution in [2.24, 2.45) is 11.8 Å². The van der Waals surface area contributed by atoms with E-state index in [1.165, 1.54) is 19.3 Å². The Balaban J connectivity index is 0. The summed E-state index contributed by atoms with van der Waals surface area (Å²) in [6.07, 6.45) is 4.19. The summed E-state index contributed by atoms with van der Waals surface area (Å²) < 4.78 is 0. The molecule has 0 aromatic rings. The minimum Gasteiger partial charge on any atom is -1.00 e. The predicted octanol–water partition coefficient (Wildman–Crippen LogP) is -0.742. The van der Waals surface area contributed by atoms with Crippen molar-refractivity contribution in [2.75, 3.05) is 0 Å². The summed E-state index contributed by atoms with van der Waals surface area (Å²) in [5.74, 6) is 1.67. The van der Waals surface area contributed by atoms with Gasteiger partial charge in [-0.1, -0.05) is 26.2 Å². The van der Waals surface area contributed by atoms with Crippen molar-refractivity contribution in [1.29, 1.82) is 0 Å². The Labute approximate surface area is 88.0 Å². The predicted molar refractivity (Wildman–Crippen MR) is 31.9 cm³/mol. The van der Waals surface area contributed by atoms with Gasteiger partial charge in [0.2, 0.25) is 0 Å². The monoisotopic (exact) mass is 288 g/mol. The Morgan fingerprint density at radius 1 is 1.33 bits per heavy atom. The first-order chi connectivity index (χ1) is 3.30. The standard InChI is InChI=1S/C7H13.HI.Zn/c1-6-4-3-5-7(6)2;;/h6-7H,1,3-5H2,2H3;1H;/p-1/t6-,7+;;/m1../s1. The van der Waals surface area contributed by atoms with Crippen molar-refractivity contribution in [1.82, 2.24) is 0 Å². The molecule has 1 aliphatic rings. The van der Waals surface area contributed by atoms with Crippen molar-refractivity contribution in [3.8, 4) is 0 Å². The summed E-state index contributed by atoms with van der Waals surface area (Å²) in [6.45, 7) is 6.31. The maximum atomic E-state index is 4.02. The third kappa shape index (κ3) is 3.92. The minimum absolute atomic E-state index is 0. The largest absolute Gasteiger partial charge is 1.00 e. The fourth-order valence-corrected chi connectivity index (χ4v) is 1.22. The van der Waals surface area contributed by atoms with Crippen LogP contribution in [0.5, 0.6) is 0 Å². The number of hydrogen-bond acceptors (Lipinski definition) is 0. The Hall–Kier alpha value is 1.35. The average molecular weight is 289 g/mol. The first kappa shape index (κ1) is 13.0. The molecule has 1 radical (unpaired) electrons. The molecule has 2 atom stereocenters. The summed E-state index contributed by atoms with van der Waals surface area (Å²) in [7, 11) is 0. The van der Waals surface area contributed by atoms with E-state index in [1.807, 2.05) is 0 Å². The van der Waals surface area contributed by atoms with Crippen LogP contribution in [0.25, 0.3) is 0 Å². The minimum atomic E-state index is 0. The van der Waals surface area contributed by atoms with Gasteiger partial charge in [-0.05, 0) is 18.8 Å². The first-order valence-electron chi connectivity index (χ1n) is 3.14. The van der Waals surface area contributed by atoms with Crippen LogP contribution in [0.4, 0.5) is 0 Å². The molecule has 0 spiro atoms. The third-order valence-electron chi connectivity index (χ3n) is 2.04. The van der Waals surface area contributed by atoms with Crippen LogP contribution in [0.1, 0.15) is 26.2 Å². The van der Waals surface area contributed by atoms with E-state index in [-0.39, 0.29) is 43.5 Å². The molecule has 1 fully saturated rings. The van der Waals surface area contributed by atoms with Gasteiger partial charge in [0.05, 0.1) is 0 Å². The van der Waals surface area contributed by atoms with Gasteiger partial charge in [-0.3, -0.25) is 0 Å². The molecule has 51 valence electrons. The second-order valence-corrected chi connectivity index (χ2v) is 2.67. The zero-order valence-electron chi connectivity index (χ0n) is 6.07. The average Bonchev–Trinajstić information content (AvgIpc) is 1.91. The fraction of sp³-hybridized carbons (Fsp3) is 0.857. The molecule has 0 aromatic heterocycles. The molecule has 0 bridgehead atoms. The van der Waals surface area contributed by atoms with E-state index in [1.54, 1.807) is 0 Å². The van der Waals surface area contributed by atoms with E-state index < -0.39 is 0 Å². The molecule has 0 amide bonds. The second-order valence-electron chi connectivity index (χ2n) is 2.67. The first-order valence-corrected chi connectivity index (χ1v) is 3.14. The molecule has 0 N–H and O–H groups in total. The van der Waals surface area contributed by atoms with Gasteiger partial charge in [0.1, 0.15) is 0 Å². The molecular weight excluding hydrogens is 276 g/mol. The van der Waals surface area contributed by atoms with Gasteiger partial charge >= 0.3 is 0 Å². The number of rotatable bonds is 0. The smallest absolute Gasteiger partial charge is 0 e. The summed E-state index contributed by atoms with van der Waals surface area (Å²) >= 11 is 0. The molecule has 2 heteroatoms. The van der Waals surface area contributed by atoms with Gasteiger partial charge < -0.3 is 24.0 Å². The molecule has 1 saturated carbocycles. The summed E-state index contributed by atoms with van der Waals surface area (Å²) in [4.78, 5) is 0. The van der Waals surface area contributed by atoms with Crippen LogP contribution in [0, 0.1) is 18.8 Å². The molecule has 1 rings (SSSR count). The third-order valence-corrected chi connectivity index (χ3v) is 2.04. The van der Waals surface area contributed by atoms with Gasteiger partial charge in [-0.25, -0.2) is 0 Å². The van der Waals surface area contributed by atoms with E-state index in [0.29, 0.717) is 0 Å². The molecule has 9 heavy (non-hydrogen) atoms. The number of halogens is 1. The van der Waals surface area contributed by atoms with E-state index in [9.17, 15) is 0 Å². The summed E-state index contributed by atoms with van der Waals surface area (Å²) in [5.41, 5.74) is 0. The van der Waals surface area contributed by atoms with Crippen molar-refractivity contribution in [2.45, 2.75) is 26.2 Å². The van der Waals surface area contributed by atoms with Crippen LogP contribution in [-0.4, -0.2) is 0 Å². The Kier molecular flexibility index (Phi) is 8.78. The van der Waals surface area contributed by atoms with Crippen LogP contribution in [0.15, 0.2) is 0 Å². The molecule has 0 heterocycles. The van der Waals surface area contributed by atoms with Crippen LogP contribution in [0.2, 0.25) is 0 Å². The molecule has 0 unspecified atom stereocenters. The van der Waals surface area contributed by atoms with Crippen molar-refractivity contribution >= 4 is 0 Å². The maximum Gasteiger partial charge on any atom is 0 e. The van der Waals surface area contributed by atoms with Gasteiger partial charge in [0.25, 0.3) is 0 Å². The van der Waals surface area contributed by atoms with Crippen molar-refractivity contribution in [3.05, 3.63) is 6.92 Å². The van der Waals surface area contributed by atoms with E-state index in [0.717, 1.165) is 11.8 Å². The van der Waals surface area contributed by atoms with E-state index in [2.05, 4.69) is 13.8 Å². The quantitative estimate of drug-likeness (QED) is 0.407. The van der Waals surface area contributed by atoms with E-state index >= 15 is 0 Å². The SMILES string of the molecule is [CH2][C@@H]1CCC[C@@H]1C.[I-].[Zn]. The van der Waals surface area contributed by atoms with Crippen molar-refractivity contribution in [3.63, 3.8) is 0 Å². The maximum absolute atomic E-state index is 4.02. The van der Waals surface area contributed by atoms with E-state index in [4.69, 9.17) is 0 Å². The topological polar surface area (TPSA) is 0 Å². The molecule has 1 aliphatic carbocycles.